The Morgan fingerprint density at radius 2 is 1.74 bits per heavy atom. The Morgan fingerprint density at radius 1 is 1.09 bits per heavy atom. The fourth-order valence-corrected chi connectivity index (χ4v) is 2.96. The first-order valence-electron chi connectivity index (χ1n) is 10.8. The lowest BCUT2D eigenvalue weighted by atomic mass is 9.97. The fraction of sp³-hybridized carbons (Fsp3) is 0.600. The van der Waals surface area contributed by atoms with E-state index in [1.54, 1.807) is 13.8 Å². The third kappa shape index (κ3) is 9.15. The third-order valence-corrected chi connectivity index (χ3v) is 5.23. The molecule has 0 aliphatic heterocycles. The number of carboxylic acid groups (broad SMARTS) is 1. The molecule has 10 N–H and O–H groups in total. The van der Waals surface area contributed by atoms with Crippen LogP contribution in [-0.2, 0) is 30.4 Å². The molecule has 0 radical (unpaired) electrons. The number of aromatic nitrogens is 2. The van der Waals surface area contributed by atoms with Crippen molar-refractivity contribution >= 4 is 29.6 Å². The van der Waals surface area contributed by atoms with Crippen molar-refractivity contribution in [2.75, 3.05) is 6.61 Å². The molecular weight excluding hydrogens is 450 g/mol. The molecule has 190 valence electrons. The standard InChI is InChI=1S/C20H33N7O7/c1-3-10(2)16(19(32)26-14(8-28)20(33)34)27-18(31)13(4-5-15(22)29)25-17(30)12(21)6-11-7-23-9-24-11/h7,9-10,12-14,16,28H,3-6,8,21H2,1-2H3,(H2,22,29)(H,23,24)(H,25,30)(H,26,32)(H,27,31)(H,33,34). The Kier molecular flexibility index (Phi) is 11.7. The van der Waals surface area contributed by atoms with Crippen LogP contribution < -0.4 is 27.4 Å². The van der Waals surface area contributed by atoms with Crippen LogP contribution >= 0.6 is 0 Å². The molecule has 14 heteroatoms. The molecule has 1 heterocycles. The minimum Gasteiger partial charge on any atom is -0.480 e. The van der Waals surface area contributed by atoms with Crippen LogP contribution in [0.15, 0.2) is 12.5 Å². The fourth-order valence-electron chi connectivity index (χ4n) is 2.96. The summed E-state index contributed by atoms with van der Waals surface area (Å²) in [6.45, 7) is 2.59. The van der Waals surface area contributed by atoms with E-state index in [0.717, 1.165) is 0 Å². The topological polar surface area (TPSA) is 243 Å². The average molecular weight is 484 g/mol. The van der Waals surface area contributed by atoms with Gasteiger partial charge < -0.3 is 42.6 Å². The van der Waals surface area contributed by atoms with Gasteiger partial charge in [-0.2, -0.15) is 0 Å². The first kappa shape index (κ1) is 28.5. The number of hydrogen-bond acceptors (Lipinski definition) is 8. The number of imidazole rings is 1. The molecule has 1 aromatic rings. The molecule has 14 nitrogen and oxygen atoms in total. The molecule has 1 rings (SSSR count). The second kappa shape index (κ2) is 13.9. The van der Waals surface area contributed by atoms with Crippen LogP contribution in [0, 0.1) is 5.92 Å². The van der Waals surface area contributed by atoms with E-state index >= 15 is 0 Å². The number of carboxylic acids is 1. The monoisotopic (exact) mass is 483 g/mol. The van der Waals surface area contributed by atoms with Crippen LogP contribution in [0.5, 0.6) is 0 Å². The highest BCUT2D eigenvalue weighted by molar-refractivity contribution is 5.94. The van der Waals surface area contributed by atoms with Crippen molar-refractivity contribution in [3.05, 3.63) is 18.2 Å². The molecule has 1 aromatic heterocycles. The van der Waals surface area contributed by atoms with Crippen LogP contribution in [0.3, 0.4) is 0 Å². The van der Waals surface area contributed by atoms with Gasteiger partial charge in [0.15, 0.2) is 0 Å². The molecule has 0 bridgehead atoms. The van der Waals surface area contributed by atoms with E-state index < -0.39 is 66.3 Å². The van der Waals surface area contributed by atoms with Crippen molar-refractivity contribution in [2.45, 2.75) is 63.7 Å². The lowest BCUT2D eigenvalue weighted by Gasteiger charge is -2.27. The van der Waals surface area contributed by atoms with Crippen molar-refractivity contribution in [3.8, 4) is 0 Å². The summed E-state index contributed by atoms with van der Waals surface area (Å²) in [5, 5.41) is 25.4. The van der Waals surface area contributed by atoms with Gasteiger partial charge in [0.2, 0.25) is 23.6 Å². The van der Waals surface area contributed by atoms with E-state index in [1.165, 1.54) is 12.5 Å². The van der Waals surface area contributed by atoms with Gasteiger partial charge in [0.25, 0.3) is 0 Å². The molecule has 0 fully saturated rings. The molecule has 0 aliphatic rings. The van der Waals surface area contributed by atoms with E-state index in [-0.39, 0.29) is 19.3 Å². The van der Waals surface area contributed by atoms with E-state index in [9.17, 15) is 24.0 Å². The van der Waals surface area contributed by atoms with Gasteiger partial charge in [-0.15, -0.1) is 0 Å². The molecule has 34 heavy (non-hydrogen) atoms. The van der Waals surface area contributed by atoms with Crippen molar-refractivity contribution in [1.29, 1.82) is 0 Å². The molecule has 0 aromatic carbocycles. The Hall–Kier alpha value is -3.52. The molecule has 0 spiro atoms. The van der Waals surface area contributed by atoms with Gasteiger partial charge in [0, 0.05) is 24.7 Å². The van der Waals surface area contributed by atoms with Crippen LogP contribution in [0.25, 0.3) is 0 Å². The summed E-state index contributed by atoms with van der Waals surface area (Å²) < 4.78 is 0. The van der Waals surface area contributed by atoms with Crippen LogP contribution in [0.4, 0.5) is 0 Å². The van der Waals surface area contributed by atoms with E-state index in [0.29, 0.717) is 12.1 Å². The van der Waals surface area contributed by atoms with Crippen molar-refractivity contribution in [1.82, 2.24) is 25.9 Å². The first-order chi connectivity index (χ1) is 16.0. The average Bonchev–Trinajstić information content (AvgIpc) is 3.29. The van der Waals surface area contributed by atoms with Gasteiger partial charge in [-0.1, -0.05) is 20.3 Å². The Balaban J connectivity index is 2.97. The highest BCUT2D eigenvalue weighted by Gasteiger charge is 2.32. The second-order valence-corrected chi connectivity index (χ2v) is 7.91. The second-order valence-electron chi connectivity index (χ2n) is 7.91. The molecule has 0 saturated heterocycles. The normalized spacial score (nSPS) is 15.3. The molecule has 5 unspecified atom stereocenters. The zero-order valence-electron chi connectivity index (χ0n) is 19.1. The number of amides is 4. The highest BCUT2D eigenvalue weighted by atomic mass is 16.4. The van der Waals surface area contributed by atoms with E-state index in [1.807, 2.05) is 0 Å². The van der Waals surface area contributed by atoms with Gasteiger partial charge in [-0.25, -0.2) is 9.78 Å². The summed E-state index contributed by atoms with van der Waals surface area (Å²) >= 11 is 0. The number of nitrogens with two attached hydrogens (primary N) is 2. The Bertz CT molecular complexity index is 846. The zero-order chi connectivity index (χ0) is 25.8. The third-order valence-electron chi connectivity index (χ3n) is 5.23. The number of rotatable bonds is 15. The lowest BCUT2D eigenvalue weighted by Crippen LogP contribution is -2.59. The molecule has 5 atom stereocenters. The lowest BCUT2D eigenvalue weighted by molar-refractivity contribution is -0.143. The maximum Gasteiger partial charge on any atom is 0.328 e. The van der Waals surface area contributed by atoms with Crippen LogP contribution in [0.1, 0.15) is 38.8 Å². The number of nitrogens with zero attached hydrogens (tertiary/aromatic N) is 1. The number of aromatic amines is 1. The van der Waals surface area contributed by atoms with Gasteiger partial charge >= 0.3 is 5.97 Å². The number of nitrogens with one attached hydrogen (secondary N) is 4. The Labute approximate surface area is 196 Å². The number of primary amides is 1. The van der Waals surface area contributed by atoms with Crippen LogP contribution in [0.2, 0.25) is 0 Å². The van der Waals surface area contributed by atoms with Gasteiger partial charge in [0.05, 0.1) is 19.0 Å². The Morgan fingerprint density at radius 3 is 2.24 bits per heavy atom. The summed E-state index contributed by atoms with van der Waals surface area (Å²) in [6.07, 6.45) is 3.12. The summed E-state index contributed by atoms with van der Waals surface area (Å²) in [6, 6.07) is -4.99. The molecule has 0 aliphatic carbocycles. The van der Waals surface area contributed by atoms with Crippen molar-refractivity contribution in [2.24, 2.45) is 17.4 Å². The van der Waals surface area contributed by atoms with E-state index in [4.69, 9.17) is 21.7 Å². The number of carbonyl (C=O) groups is 5. The van der Waals surface area contributed by atoms with Gasteiger partial charge in [0.1, 0.15) is 18.1 Å². The predicted octanol–water partition coefficient (Wildman–Crippen LogP) is -2.88. The first-order valence-corrected chi connectivity index (χ1v) is 10.8. The number of carbonyl (C=O) groups excluding carboxylic acids is 4. The number of aliphatic carboxylic acids is 1. The molecule has 4 amide bonds. The maximum absolute atomic E-state index is 13.0. The maximum atomic E-state index is 13.0. The number of H-pyrrole nitrogens is 1. The highest BCUT2D eigenvalue weighted by Crippen LogP contribution is 2.10. The molecule has 0 saturated carbocycles. The van der Waals surface area contributed by atoms with Crippen molar-refractivity contribution < 1.29 is 34.2 Å². The van der Waals surface area contributed by atoms with Crippen molar-refractivity contribution in [3.63, 3.8) is 0 Å². The van der Waals surface area contributed by atoms with Crippen LogP contribution in [-0.4, -0.2) is 80.6 Å². The minimum absolute atomic E-state index is 0.117. The van der Waals surface area contributed by atoms with Gasteiger partial charge in [-0.05, 0) is 12.3 Å². The minimum atomic E-state index is -1.55. The smallest absolute Gasteiger partial charge is 0.328 e. The van der Waals surface area contributed by atoms with Gasteiger partial charge in [-0.3, -0.25) is 19.2 Å². The quantitative estimate of drug-likeness (QED) is 0.127. The largest absolute Gasteiger partial charge is 0.480 e. The summed E-state index contributed by atoms with van der Waals surface area (Å²) in [7, 11) is 0. The molecular formula is C20H33N7O7. The number of aliphatic hydroxyl groups is 1. The SMILES string of the molecule is CCC(C)C(NC(=O)C(CCC(N)=O)NC(=O)C(N)Cc1cnc[nH]1)C(=O)NC(CO)C(=O)O. The van der Waals surface area contributed by atoms with E-state index in [2.05, 4.69) is 25.9 Å². The number of hydrogen-bond donors (Lipinski definition) is 8. The summed E-state index contributed by atoms with van der Waals surface area (Å²) in [5.41, 5.74) is 11.7. The zero-order valence-corrected chi connectivity index (χ0v) is 19.1. The predicted molar refractivity (Wildman–Crippen MR) is 119 cm³/mol. The number of aliphatic hydroxyl groups excluding tert-OH is 1. The summed E-state index contributed by atoms with van der Waals surface area (Å²) in [4.78, 5) is 67.2. The summed E-state index contributed by atoms with van der Waals surface area (Å²) in [5.74, 6) is -4.83.